The summed E-state index contributed by atoms with van der Waals surface area (Å²) in [6.45, 7) is 4.66. The van der Waals surface area contributed by atoms with E-state index in [9.17, 15) is 14.9 Å². The van der Waals surface area contributed by atoms with E-state index in [4.69, 9.17) is 4.42 Å². The number of hydrogen-bond donors (Lipinski definition) is 1. The molecule has 1 aromatic heterocycles. The highest BCUT2D eigenvalue weighted by Gasteiger charge is 2.26. The van der Waals surface area contributed by atoms with Gasteiger partial charge in [-0.25, -0.2) is 0 Å². The summed E-state index contributed by atoms with van der Waals surface area (Å²) in [7, 11) is 0. The number of rotatable bonds is 6. The van der Waals surface area contributed by atoms with Crippen LogP contribution in [0.4, 0.5) is 5.88 Å². The molecule has 138 valence electrons. The molecule has 1 N–H and O–H groups in total. The summed E-state index contributed by atoms with van der Waals surface area (Å²) in [5.41, 5.74) is 1.15. The lowest BCUT2D eigenvalue weighted by molar-refractivity contribution is -0.402. The van der Waals surface area contributed by atoms with Gasteiger partial charge in [0.2, 0.25) is 0 Å². The molecule has 0 spiro atoms. The lowest BCUT2D eigenvalue weighted by Gasteiger charge is -2.37. The number of nitrogens with zero attached hydrogens (tertiary/aromatic N) is 2. The van der Waals surface area contributed by atoms with Gasteiger partial charge < -0.3 is 9.73 Å². The van der Waals surface area contributed by atoms with Crippen molar-refractivity contribution < 1.29 is 14.1 Å². The zero-order valence-electron chi connectivity index (χ0n) is 14.8. The van der Waals surface area contributed by atoms with Gasteiger partial charge in [0.15, 0.2) is 5.76 Å². The minimum atomic E-state index is -0.654. The van der Waals surface area contributed by atoms with E-state index in [0.29, 0.717) is 6.54 Å². The summed E-state index contributed by atoms with van der Waals surface area (Å²) in [6.07, 6.45) is 2.28. The predicted molar refractivity (Wildman–Crippen MR) is 96.8 cm³/mol. The number of piperidine rings is 1. The Balaban J connectivity index is 1.69. The van der Waals surface area contributed by atoms with Crippen molar-refractivity contribution in [2.24, 2.45) is 5.92 Å². The fraction of sp³-hybridized carbons (Fsp3) is 0.421. The lowest BCUT2D eigenvalue weighted by atomic mass is 9.95. The zero-order valence-corrected chi connectivity index (χ0v) is 14.8. The molecule has 1 fully saturated rings. The van der Waals surface area contributed by atoms with Crippen LogP contribution in [0.25, 0.3) is 0 Å². The Labute approximate surface area is 152 Å². The Kier molecular flexibility index (Phi) is 5.68. The summed E-state index contributed by atoms with van der Waals surface area (Å²) in [4.78, 5) is 24.7. The molecule has 26 heavy (non-hydrogen) atoms. The van der Waals surface area contributed by atoms with Crippen LogP contribution >= 0.6 is 0 Å². The van der Waals surface area contributed by atoms with Gasteiger partial charge in [-0.3, -0.25) is 19.8 Å². The van der Waals surface area contributed by atoms with Gasteiger partial charge in [-0.1, -0.05) is 37.3 Å². The second-order valence-corrected chi connectivity index (χ2v) is 6.75. The number of hydrogen-bond acceptors (Lipinski definition) is 5. The fourth-order valence-corrected chi connectivity index (χ4v) is 3.30. The van der Waals surface area contributed by atoms with Crippen molar-refractivity contribution in [3.63, 3.8) is 0 Å². The number of furan rings is 1. The van der Waals surface area contributed by atoms with Crippen LogP contribution in [0.3, 0.4) is 0 Å². The van der Waals surface area contributed by atoms with E-state index in [-0.39, 0.29) is 11.8 Å². The van der Waals surface area contributed by atoms with Gasteiger partial charge in [-0.05, 0) is 43.5 Å². The maximum atomic E-state index is 12.3. The lowest BCUT2D eigenvalue weighted by Crippen LogP contribution is -2.41. The second kappa shape index (κ2) is 8.14. The van der Waals surface area contributed by atoms with E-state index < -0.39 is 16.7 Å². The van der Waals surface area contributed by atoms with Gasteiger partial charge in [0.1, 0.15) is 4.92 Å². The highest BCUT2D eigenvalue weighted by molar-refractivity contribution is 5.91. The molecule has 1 saturated heterocycles. The molecule has 1 atom stereocenters. The maximum absolute atomic E-state index is 12.3. The van der Waals surface area contributed by atoms with Gasteiger partial charge in [0, 0.05) is 6.54 Å². The molecule has 3 rings (SSSR count). The molecular formula is C19H23N3O4. The van der Waals surface area contributed by atoms with Crippen molar-refractivity contribution in [1.82, 2.24) is 10.2 Å². The zero-order chi connectivity index (χ0) is 18.5. The van der Waals surface area contributed by atoms with E-state index in [0.717, 1.165) is 37.4 Å². The van der Waals surface area contributed by atoms with Crippen LogP contribution in [0, 0.1) is 16.0 Å². The first kappa shape index (κ1) is 18.1. The summed E-state index contributed by atoms with van der Waals surface area (Å²) < 4.78 is 4.98. The maximum Gasteiger partial charge on any atom is 0.433 e. The van der Waals surface area contributed by atoms with E-state index in [1.807, 2.05) is 18.2 Å². The van der Waals surface area contributed by atoms with Crippen molar-refractivity contribution in [1.29, 1.82) is 0 Å². The van der Waals surface area contributed by atoms with Crippen LogP contribution in [-0.2, 0) is 0 Å². The van der Waals surface area contributed by atoms with Gasteiger partial charge in [0.05, 0.1) is 12.1 Å². The molecule has 1 aromatic carbocycles. The smallest absolute Gasteiger partial charge is 0.395 e. The van der Waals surface area contributed by atoms with Crippen molar-refractivity contribution in [3.8, 4) is 0 Å². The summed E-state index contributed by atoms with van der Waals surface area (Å²) in [5.74, 6) is -0.194. The molecule has 7 heteroatoms. The normalized spacial score (nSPS) is 17.0. The van der Waals surface area contributed by atoms with E-state index >= 15 is 0 Å². The molecule has 0 saturated carbocycles. The largest absolute Gasteiger partial charge is 0.433 e. The minimum Gasteiger partial charge on any atom is -0.395 e. The van der Waals surface area contributed by atoms with Crippen LogP contribution in [0.5, 0.6) is 0 Å². The summed E-state index contributed by atoms with van der Waals surface area (Å²) in [5, 5.41) is 13.6. The number of nitrogens with one attached hydrogen (secondary N) is 1. The number of likely N-dealkylation sites (tertiary alicyclic amines) is 1. The molecule has 1 aliphatic rings. The average Bonchev–Trinajstić information content (AvgIpc) is 3.15. The third kappa shape index (κ3) is 4.29. The molecule has 1 amide bonds. The van der Waals surface area contributed by atoms with E-state index in [2.05, 4.69) is 29.3 Å². The summed E-state index contributed by atoms with van der Waals surface area (Å²) in [6, 6.07) is 12.7. The van der Waals surface area contributed by atoms with Gasteiger partial charge >= 0.3 is 5.88 Å². The fourth-order valence-electron chi connectivity index (χ4n) is 3.30. The van der Waals surface area contributed by atoms with Crippen LogP contribution in [0.15, 0.2) is 46.9 Å². The first-order valence-corrected chi connectivity index (χ1v) is 8.86. The Morgan fingerprint density at radius 2 is 1.96 bits per heavy atom. The minimum absolute atomic E-state index is 0.0456. The first-order chi connectivity index (χ1) is 12.5. The third-order valence-electron chi connectivity index (χ3n) is 4.89. The van der Waals surface area contributed by atoms with E-state index in [1.54, 1.807) is 0 Å². The summed E-state index contributed by atoms with van der Waals surface area (Å²) >= 11 is 0. The van der Waals surface area contributed by atoms with Crippen molar-refractivity contribution in [2.45, 2.75) is 25.8 Å². The van der Waals surface area contributed by atoms with Crippen molar-refractivity contribution >= 4 is 11.8 Å². The molecule has 1 aliphatic heterocycles. The van der Waals surface area contributed by atoms with Crippen LogP contribution in [-0.4, -0.2) is 35.4 Å². The van der Waals surface area contributed by atoms with Crippen molar-refractivity contribution in [2.75, 3.05) is 19.6 Å². The third-order valence-corrected chi connectivity index (χ3v) is 4.89. The quantitative estimate of drug-likeness (QED) is 0.632. The SMILES string of the molecule is CC1CCN(C(CNC(=O)c2ccc([N+](=O)[O-])o2)c2ccccc2)CC1. The number of benzene rings is 1. The molecule has 2 aromatic rings. The Bertz CT molecular complexity index is 751. The Hall–Kier alpha value is -2.67. The molecular weight excluding hydrogens is 334 g/mol. The standard InChI is InChI=1S/C19H23N3O4/c1-14-9-11-21(12-10-14)16(15-5-3-2-4-6-15)13-20-19(23)17-7-8-18(26-17)22(24)25/h2-8,14,16H,9-13H2,1H3,(H,20,23). The molecule has 1 unspecified atom stereocenters. The monoisotopic (exact) mass is 357 g/mol. The topological polar surface area (TPSA) is 88.6 Å². The predicted octanol–water partition coefficient (Wildman–Crippen LogP) is 3.39. The number of carbonyl (C=O) groups is 1. The molecule has 0 radical (unpaired) electrons. The highest BCUT2D eigenvalue weighted by Crippen LogP contribution is 2.26. The van der Waals surface area contributed by atoms with Crippen molar-refractivity contribution in [3.05, 3.63) is 63.9 Å². The van der Waals surface area contributed by atoms with Crippen LogP contribution < -0.4 is 5.32 Å². The second-order valence-electron chi connectivity index (χ2n) is 6.75. The van der Waals surface area contributed by atoms with Crippen LogP contribution in [0.2, 0.25) is 0 Å². The number of amides is 1. The molecule has 0 bridgehead atoms. The average molecular weight is 357 g/mol. The van der Waals surface area contributed by atoms with Gasteiger partial charge in [-0.2, -0.15) is 0 Å². The first-order valence-electron chi connectivity index (χ1n) is 8.86. The highest BCUT2D eigenvalue weighted by atomic mass is 16.6. The van der Waals surface area contributed by atoms with Gasteiger partial charge in [0.25, 0.3) is 5.91 Å². The Morgan fingerprint density at radius 3 is 2.58 bits per heavy atom. The number of carbonyl (C=O) groups excluding carboxylic acids is 1. The van der Waals surface area contributed by atoms with Crippen LogP contribution in [0.1, 0.15) is 41.9 Å². The Morgan fingerprint density at radius 1 is 1.27 bits per heavy atom. The molecule has 7 nitrogen and oxygen atoms in total. The molecule has 2 heterocycles. The van der Waals surface area contributed by atoms with Gasteiger partial charge in [-0.15, -0.1) is 0 Å². The van der Waals surface area contributed by atoms with E-state index in [1.165, 1.54) is 12.1 Å². The number of nitro groups is 1. The molecule has 0 aliphatic carbocycles.